The summed E-state index contributed by atoms with van der Waals surface area (Å²) in [5, 5.41) is 18.6. The van der Waals surface area contributed by atoms with Crippen molar-refractivity contribution in [1.29, 1.82) is 0 Å². The molecule has 7 nitrogen and oxygen atoms in total. The predicted octanol–water partition coefficient (Wildman–Crippen LogP) is 6.12. The number of nitrogens with zero attached hydrogens (tertiary/aromatic N) is 3. The number of halogens is 1. The van der Waals surface area contributed by atoms with E-state index in [9.17, 15) is 15.0 Å². The second-order valence-electron chi connectivity index (χ2n) is 11.5. The maximum Gasteiger partial charge on any atom is 0.410 e. The van der Waals surface area contributed by atoms with Crippen LogP contribution in [0.4, 0.5) is 16.2 Å². The molecule has 2 N–H and O–H groups in total. The first-order valence-electron chi connectivity index (χ1n) is 14.7. The zero-order chi connectivity index (χ0) is 28.1. The number of hydrogen-bond donors (Lipinski definition) is 2. The second kappa shape index (κ2) is 17.4. The molecule has 1 amide bonds. The van der Waals surface area contributed by atoms with E-state index in [0.29, 0.717) is 31.7 Å². The highest BCUT2D eigenvalue weighted by atomic mass is 35.5. The molecule has 224 valence electrons. The van der Waals surface area contributed by atoms with Crippen LogP contribution in [0.15, 0.2) is 60.7 Å². The monoisotopic (exact) mass is 575 g/mol. The number of amides is 1. The Hall–Kier alpha value is -2.48. The number of anilines is 2. The Kier molecular flexibility index (Phi) is 14.6. The van der Waals surface area contributed by atoms with Crippen molar-refractivity contribution < 1.29 is 19.7 Å². The Balaban J connectivity index is 0.000000290. The molecular formula is C32H50ClN3O4. The van der Waals surface area contributed by atoms with Gasteiger partial charge in [0.1, 0.15) is 5.60 Å². The molecule has 0 radical (unpaired) electrons. The number of hydrogen-bond acceptors (Lipinski definition) is 6. The fraction of sp³-hybridized carbons (Fsp3) is 0.594. The molecule has 0 spiro atoms. The van der Waals surface area contributed by atoms with Crippen LogP contribution in [-0.2, 0) is 4.74 Å². The molecule has 8 heteroatoms. The van der Waals surface area contributed by atoms with Crippen molar-refractivity contribution in [2.45, 2.75) is 83.4 Å². The highest BCUT2D eigenvalue weighted by molar-refractivity contribution is 5.85. The Bertz CT molecular complexity index is 944. The summed E-state index contributed by atoms with van der Waals surface area (Å²) in [7, 11) is 0. The van der Waals surface area contributed by atoms with E-state index in [4.69, 9.17) is 4.74 Å². The van der Waals surface area contributed by atoms with Crippen LogP contribution in [0, 0.1) is 0 Å². The summed E-state index contributed by atoms with van der Waals surface area (Å²) in [5.41, 5.74) is 1.92. The van der Waals surface area contributed by atoms with Gasteiger partial charge in [0.2, 0.25) is 0 Å². The second-order valence-corrected chi connectivity index (χ2v) is 11.5. The van der Waals surface area contributed by atoms with Crippen LogP contribution < -0.4 is 9.80 Å². The molecule has 1 aliphatic heterocycles. The van der Waals surface area contributed by atoms with Gasteiger partial charge in [-0.15, -0.1) is 12.4 Å². The lowest BCUT2D eigenvalue weighted by Crippen LogP contribution is -2.48. The lowest BCUT2D eigenvalue weighted by atomic mass is 9.94. The number of rotatable bonds is 8. The van der Waals surface area contributed by atoms with Gasteiger partial charge in [-0.3, -0.25) is 0 Å². The zero-order valence-electron chi connectivity index (χ0n) is 24.6. The van der Waals surface area contributed by atoms with Crippen LogP contribution >= 0.6 is 12.4 Å². The smallest absolute Gasteiger partial charge is 0.410 e. The summed E-state index contributed by atoms with van der Waals surface area (Å²) < 4.78 is 5.44. The third-order valence-electron chi connectivity index (χ3n) is 7.43. The molecule has 0 bridgehead atoms. The molecule has 2 aliphatic rings. The molecule has 2 fully saturated rings. The SMILES string of the molecule is CC(C)(C)OC(=O)N1CCC(N(CCO)c2ccccc2)CC1.Cl.OCCN(c1ccccc1)C1CCCCC1. The molecule has 2 aromatic carbocycles. The number of aliphatic hydroxyl groups is 2. The number of likely N-dealkylation sites (tertiary alicyclic amines) is 1. The normalized spacial score (nSPS) is 16.3. The number of benzene rings is 2. The molecule has 0 atom stereocenters. The molecule has 0 unspecified atom stereocenters. The number of carbonyl (C=O) groups excluding carboxylic acids is 1. The van der Waals surface area contributed by atoms with E-state index >= 15 is 0 Å². The molecule has 4 rings (SSSR count). The van der Waals surface area contributed by atoms with Crippen molar-refractivity contribution in [1.82, 2.24) is 4.90 Å². The summed E-state index contributed by atoms with van der Waals surface area (Å²) in [6.07, 6.45) is 8.12. The van der Waals surface area contributed by atoms with Crippen LogP contribution in [0.1, 0.15) is 65.7 Å². The first-order chi connectivity index (χ1) is 18.8. The minimum absolute atomic E-state index is 0. The fourth-order valence-electron chi connectivity index (χ4n) is 5.58. The minimum atomic E-state index is -0.457. The third kappa shape index (κ3) is 10.8. The Morgan fingerprint density at radius 1 is 0.775 bits per heavy atom. The molecule has 40 heavy (non-hydrogen) atoms. The van der Waals surface area contributed by atoms with E-state index in [1.807, 2.05) is 45.0 Å². The minimum Gasteiger partial charge on any atom is -0.444 e. The maximum absolute atomic E-state index is 12.1. The highest BCUT2D eigenvalue weighted by Crippen LogP contribution is 2.27. The van der Waals surface area contributed by atoms with Gasteiger partial charge in [-0.25, -0.2) is 4.79 Å². The zero-order valence-corrected chi connectivity index (χ0v) is 25.4. The summed E-state index contributed by atoms with van der Waals surface area (Å²) in [4.78, 5) is 18.5. The third-order valence-corrected chi connectivity index (χ3v) is 7.43. The first-order valence-corrected chi connectivity index (χ1v) is 14.7. The Morgan fingerprint density at radius 2 is 1.20 bits per heavy atom. The maximum atomic E-state index is 12.1. The molecule has 1 saturated heterocycles. The molecular weight excluding hydrogens is 526 g/mol. The average molecular weight is 576 g/mol. The molecule has 2 aromatic rings. The number of piperidine rings is 1. The Labute approximate surface area is 247 Å². The van der Waals surface area contributed by atoms with Gasteiger partial charge < -0.3 is 29.6 Å². The van der Waals surface area contributed by atoms with Gasteiger partial charge in [0.25, 0.3) is 0 Å². The lowest BCUT2D eigenvalue weighted by Gasteiger charge is -2.39. The average Bonchev–Trinajstić information content (AvgIpc) is 2.95. The molecule has 1 aliphatic carbocycles. The Morgan fingerprint density at radius 3 is 1.60 bits per heavy atom. The van der Waals surface area contributed by atoms with E-state index in [-0.39, 0.29) is 31.7 Å². The number of carbonyl (C=O) groups is 1. The van der Waals surface area contributed by atoms with Gasteiger partial charge in [0.05, 0.1) is 13.2 Å². The summed E-state index contributed by atoms with van der Waals surface area (Å²) in [6, 6.07) is 21.6. The van der Waals surface area contributed by atoms with Crippen LogP contribution in [0.5, 0.6) is 0 Å². The van der Waals surface area contributed by atoms with Crippen LogP contribution in [-0.4, -0.2) is 78.3 Å². The van der Waals surface area contributed by atoms with Crippen molar-refractivity contribution in [3.05, 3.63) is 60.7 Å². The van der Waals surface area contributed by atoms with Crippen molar-refractivity contribution in [2.75, 3.05) is 49.2 Å². The number of ether oxygens (including phenoxy) is 1. The van der Waals surface area contributed by atoms with Gasteiger partial charge in [0.15, 0.2) is 0 Å². The fourth-order valence-corrected chi connectivity index (χ4v) is 5.58. The van der Waals surface area contributed by atoms with Crippen molar-refractivity contribution in [3.63, 3.8) is 0 Å². The van der Waals surface area contributed by atoms with E-state index in [1.165, 1.54) is 37.8 Å². The highest BCUT2D eigenvalue weighted by Gasteiger charge is 2.29. The summed E-state index contributed by atoms with van der Waals surface area (Å²) in [6.45, 7) is 8.77. The van der Waals surface area contributed by atoms with Crippen molar-refractivity contribution in [3.8, 4) is 0 Å². The van der Waals surface area contributed by atoms with Crippen LogP contribution in [0.3, 0.4) is 0 Å². The van der Waals surface area contributed by atoms with Crippen LogP contribution in [0.2, 0.25) is 0 Å². The first kappa shape index (κ1) is 33.7. The van der Waals surface area contributed by atoms with Gasteiger partial charge >= 0.3 is 6.09 Å². The largest absolute Gasteiger partial charge is 0.444 e. The quantitative estimate of drug-likeness (QED) is 0.395. The molecule has 0 aromatic heterocycles. The van der Waals surface area contributed by atoms with Crippen LogP contribution in [0.25, 0.3) is 0 Å². The van der Waals surface area contributed by atoms with Crippen molar-refractivity contribution in [2.24, 2.45) is 0 Å². The van der Waals surface area contributed by atoms with E-state index in [0.717, 1.165) is 25.1 Å². The van der Waals surface area contributed by atoms with E-state index < -0.39 is 5.60 Å². The van der Waals surface area contributed by atoms with Gasteiger partial charge in [-0.1, -0.05) is 55.7 Å². The number of aliphatic hydroxyl groups excluding tert-OH is 2. The van der Waals surface area contributed by atoms with E-state index in [1.54, 1.807) is 4.90 Å². The number of para-hydroxylation sites is 2. The van der Waals surface area contributed by atoms with Gasteiger partial charge in [-0.05, 0) is 70.7 Å². The molecule has 1 saturated carbocycles. The predicted molar refractivity (Wildman–Crippen MR) is 167 cm³/mol. The molecule has 1 heterocycles. The lowest BCUT2D eigenvalue weighted by molar-refractivity contribution is 0.0204. The topological polar surface area (TPSA) is 76.5 Å². The summed E-state index contributed by atoms with van der Waals surface area (Å²) in [5.74, 6) is 0. The van der Waals surface area contributed by atoms with Gasteiger partial charge in [0, 0.05) is 49.6 Å². The van der Waals surface area contributed by atoms with Gasteiger partial charge in [-0.2, -0.15) is 0 Å². The van der Waals surface area contributed by atoms with E-state index in [2.05, 4.69) is 46.2 Å². The summed E-state index contributed by atoms with van der Waals surface area (Å²) >= 11 is 0. The van der Waals surface area contributed by atoms with Crippen molar-refractivity contribution >= 4 is 29.9 Å². The standard InChI is InChI=1S/C18H28N2O3.C14H21NO.ClH/c1-18(2,3)23-17(22)19-11-9-16(10-12-19)20(13-14-21)15-7-5-4-6-8-15;16-12-11-15(13-7-3-1-4-8-13)14-9-5-2-6-10-14;/h4-8,16,21H,9-14H2,1-3H3;1,3-4,7-8,14,16H,2,5-6,9-12H2;1H.